The van der Waals surface area contributed by atoms with Gasteiger partial charge in [0.25, 0.3) is 5.69 Å². The fourth-order valence-corrected chi connectivity index (χ4v) is 2.51. The van der Waals surface area contributed by atoms with Gasteiger partial charge in [-0.3, -0.25) is 10.1 Å². The molecule has 1 aromatic carbocycles. The summed E-state index contributed by atoms with van der Waals surface area (Å²) in [6.45, 7) is 5.94. The minimum Gasteiger partial charge on any atom is -0.396 e. The highest BCUT2D eigenvalue weighted by atomic mass is 127. The van der Waals surface area contributed by atoms with Crippen molar-refractivity contribution in [1.29, 1.82) is 0 Å². The first-order chi connectivity index (χ1) is 11.6. The lowest BCUT2D eigenvalue weighted by molar-refractivity contribution is -0.385. The maximum absolute atomic E-state index is 11.1. The van der Waals surface area contributed by atoms with Crippen LogP contribution in [0, 0.1) is 16.0 Å². The monoisotopic (exact) mass is 464 g/mol. The van der Waals surface area contributed by atoms with Crippen LogP contribution in [0.4, 0.5) is 5.69 Å². The number of halogens is 1. The van der Waals surface area contributed by atoms with Crippen LogP contribution in [0.1, 0.15) is 38.7 Å². The predicted octanol–water partition coefficient (Wildman–Crippen LogP) is 3.07. The predicted molar refractivity (Wildman–Crippen MR) is 111 cm³/mol. The van der Waals surface area contributed by atoms with Crippen molar-refractivity contribution in [2.45, 2.75) is 39.7 Å². The molecule has 1 rings (SSSR count). The molecule has 0 amide bonds. The smallest absolute Gasteiger partial charge is 0.274 e. The van der Waals surface area contributed by atoms with Crippen LogP contribution >= 0.6 is 24.0 Å². The van der Waals surface area contributed by atoms with E-state index in [9.17, 15) is 10.1 Å². The highest BCUT2D eigenvalue weighted by Crippen LogP contribution is 2.18. The molecule has 0 aliphatic carbocycles. The molecule has 1 unspecified atom stereocenters. The quantitative estimate of drug-likeness (QED) is 0.163. The van der Waals surface area contributed by atoms with E-state index in [4.69, 9.17) is 5.11 Å². The number of benzene rings is 1. The van der Waals surface area contributed by atoms with Crippen molar-refractivity contribution in [1.82, 2.24) is 10.6 Å². The first-order valence-corrected chi connectivity index (χ1v) is 8.47. The second kappa shape index (κ2) is 13.8. The third-order valence-corrected chi connectivity index (χ3v) is 3.73. The molecule has 0 fully saturated rings. The number of hydrogen-bond donors (Lipinski definition) is 3. The zero-order chi connectivity index (χ0) is 17.8. The van der Waals surface area contributed by atoms with Gasteiger partial charge in [-0.15, -0.1) is 24.0 Å². The van der Waals surface area contributed by atoms with Crippen molar-refractivity contribution < 1.29 is 10.0 Å². The molecule has 142 valence electrons. The zero-order valence-electron chi connectivity index (χ0n) is 14.9. The first-order valence-electron chi connectivity index (χ1n) is 8.47. The van der Waals surface area contributed by atoms with Gasteiger partial charge in [0.1, 0.15) is 0 Å². The van der Waals surface area contributed by atoms with E-state index in [0.717, 1.165) is 25.8 Å². The number of nitro benzene ring substituents is 1. The number of hydrogen-bond acceptors (Lipinski definition) is 4. The Bertz CT molecular complexity index is 534. The lowest BCUT2D eigenvalue weighted by atomic mass is 10.0. The molecule has 25 heavy (non-hydrogen) atoms. The number of aliphatic hydroxyl groups excluding tert-OH is 1. The standard InChI is InChI=1S/C17H28N4O3.HI/c1-3-7-14(10-11-22)12-19-17(18-4-2)20-13-15-8-5-6-9-16(15)21(23)24;/h5-6,8-9,14,22H,3-4,7,10-13H2,1-2H3,(H2,18,19,20);1H. The number of rotatable bonds is 10. The third kappa shape index (κ3) is 9.01. The normalized spacial score (nSPS) is 12.2. The molecule has 0 saturated heterocycles. The molecule has 0 heterocycles. The van der Waals surface area contributed by atoms with E-state index >= 15 is 0 Å². The Hall–Kier alpha value is -1.42. The van der Waals surface area contributed by atoms with Gasteiger partial charge in [0.05, 0.1) is 17.0 Å². The lowest BCUT2D eigenvalue weighted by Crippen LogP contribution is -2.40. The van der Waals surface area contributed by atoms with E-state index in [1.807, 2.05) is 6.92 Å². The van der Waals surface area contributed by atoms with Crippen LogP contribution in [0.25, 0.3) is 0 Å². The van der Waals surface area contributed by atoms with Crippen LogP contribution in [-0.4, -0.2) is 35.7 Å². The maximum Gasteiger partial charge on any atom is 0.274 e. The number of aliphatic imine (C=N–C) groups is 1. The number of nitrogens with one attached hydrogen (secondary N) is 2. The SMILES string of the molecule is CCCC(CCO)CNC(=NCc1ccccc1[N+](=O)[O-])NCC.I. The van der Waals surface area contributed by atoms with Gasteiger partial charge in [-0.2, -0.15) is 0 Å². The summed E-state index contributed by atoms with van der Waals surface area (Å²) < 4.78 is 0. The largest absolute Gasteiger partial charge is 0.396 e. The Kier molecular flexibility index (Phi) is 13.0. The van der Waals surface area contributed by atoms with E-state index in [1.54, 1.807) is 18.2 Å². The minimum absolute atomic E-state index is 0. The van der Waals surface area contributed by atoms with E-state index < -0.39 is 0 Å². The molecule has 0 bridgehead atoms. The molecule has 1 atom stereocenters. The summed E-state index contributed by atoms with van der Waals surface area (Å²) in [6.07, 6.45) is 2.86. The summed E-state index contributed by atoms with van der Waals surface area (Å²) in [5, 5.41) is 26.6. The van der Waals surface area contributed by atoms with Gasteiger partial charge in [-0.1, -0.05) is 31.5 Å². The second-order valence-electron chi connectivity index (χ2n) is 5.63. The van der Waals surface area contributed by atoms with E-state index in [0.29, 0.717) is 24.0 Å². The number of para-hydroxylation sites is 1. The van der Waals surface area contributed by atoms with E-state index in [2.05, 4.69) is 22.5 Å². The van der Waals surface area contributed by atoms with E-state index in [1.165, 1.54) is 6.07 Å². The van der Waals surface area contributed by atoms with Gasteiger partial charge < -0.3 is 15.7 Å². The summed E-state index contributed by atoms with van der Waals surface area (Å²) in [5.74, 6) is 1.02. The Morgan fingerprint density at radius 2 is 2.00 bits per heavy atom. The molecule has 7 nitrogen and oxygen atoms in total. The third-order valence-electron chi connectivity index (χ3n) is 3.73. The highest BCUT2D eigenvalue weighted by Gasteiger charge is 2.12. The Morgan fingerprint density at radius 3 is 2.60 bits per heavy atom. The summed E-state index contributed by atoms with van der Waals surface area (Å²) in [5.41, 5.74) is 0.668. The van der Waals surface area contributed by atoms with Gasteiger partial charge in [0.2, 0.25) is 0 Å². The minimum atomic E-state index is -0.385. The van der Waals surface area contributed by atoms with Crippen LogP contribution in [0.15, 0.2) is 29.3 Å². The van der Waals surface area contributed by atoms with Crippen molar-refractivity contribution in [2.75, 3.05) is 19.7 Å². The van der Waals surface area contributed by atoms with Crippen molar-refractivity contribution in [3.05, 3.63) is 39.9 Å². The number of nitro groups is 1. The van der Waals surface area contributed by atoms with Crippen LogP contribution in [-0.2, 0) is 6.54 Å². The highest BCUT2D eigenvalue weighted by molar-refractivity contribution is 14.0. The van der Waals surface area contributed by atoms with Gasteiger partial charge >= 0.3 is 0 Å². The van der Waals surface area contributed by atoms with Crippen molar-refractivity contribution in [3.8, 4) is 0 Å². The molecule has 0 aromatic heterocycles. The van der Waals surface area contributed by atoms with Gasteiger partial charge in [-0.05, 0) is 25.7 Å². The van der Waals surface area contributed by atoms with E-state index in [-0.39, 0.29) is 47.7 Å². The van der Waals surface area contributed by atoms with Crippen LogP contribution in [0.2, 0.25) is 0 Å². The number of nitrogens with zero attached hydrogens (tertiary/aromatic N) is 2. The molecule has 0 aliphatic rings. The van der Waals surface area contributed by atoms with Crippen molar-refractivity contribution in [2.24, 2.45) is 10.9 Å². The maximum atomic E-state index is 11.1. The van der Waals surface area contributed by atoms with Gasteiger partial charge in [0.15, 0.2) is 5.96 Å². The molecule has 8 heteroatoms. The topological polar surface area (TPSA) is 99.8 Å². The van der Waals surface area contributed by atoms with Crippen LogP contribution < -0.4 is 10.6 Å². The molecular weight excluding hydrogens is 435 g/mol. The van der Waals surface area contributed by atoms with Crippen molar-refractivity contribution in [3.63, 3.8) is 0 Å². The summed E-state index contributed by atoms with van der Waals surface area (Å²) in [4.78, 5) is 15.1. The van der Waals surface area contributed by atoms with Gasteiger partial charge in [-0.25, -0.2) is 4.99 Å². The fraction of sp³-hybridized carbons (Fsp3) is 0.588. The summed E-state index contributed by atoms with van der Waals surface area (Å²) in [7, 11) is 0. The molecule has 3 N–H and O–H groups in total. The van der Waals surface area contributed by atoms with Gasteiger partial charge in [0, 0.05) is 25.8 Å². The van der Waals surface area contributed by atoms with Crippen LogP contribution in [0.3, 0.4) is 0 Å². The second-order valence-corrected chi connectivity index (χ2v) is 5.63. The number of guanidine groups is 1. The first kappa shape index (κ1) is 23.6. The fourth-order valence-electron chi connectivity index (χ4n) is 2.51. The van der Waals surface area contributed by atoms with Crippen molar-refractivity contribution >= 4 is 35.6 Å². The average Bonchev–Trinajstić information content (AvgIpc) is 2.57. The molecular formula is C17H29IN4O3. The summed E-state index contributed by atoms with van der Waals surface area (Å²) in [6, 6.07) is 6.64. The number of aliphatic hydroxyl groups is 1. The average molecular weight is 464 g/mol. The Labute approximate surface area is 166 Å². The lowest BCUT2D eigenvalue weighted by Gasteiger charge is -2.18. The molecule has 0 spiro atoms. The molecule has 0 saturated carbocycles. The molecule has 0 aliphatic heterocycles. The zero-order valence-corrected chi connectivity index (χ0v) is 17.2. The summed E-state index contributed by atoms with van der Waals surface area (Å²) >= 11 is 0. The molecule has 1 aromatic rings. The Morgan fingerprint density at radius 1 is 1.28 bits per heavy atom. The molecule has 0 radical (unpaired) electrons. The van der Waals surface area contributed by atoms with Crippen LogP contribution in [0.5, 0.6) is 0 Å². The Balaban J connectivity index is 0.00000576.